The van der Waals surface area contributed by atoms with Crippen LogP contribution in [0.3, 0.4) is 0 Å². The molecule has 0 aliphatic rings. The van der Waals surface area contributed by atoms with E-state index in [0.717, 1.165) is 5.56 Å². The fraction of sp³-hybridized carbons (Fsp3) is 0.353. The molecule has 0 radical (unpaired) electrons. The minimum absolute atomic E-state index is 0.0142. The topological polar surface area (TPSA) is 85.6 Å². The largest absolute Gasteiger partial charge is 0.453 e. The van der Waals surface area contributed by atoms with E-state index in [-0.39, 0.29) is 29.7 Å². The van der Waals surface area contributed by atoms with Crippen LogP contribution in [0.1, 0.15) is 28.3 Å². The molecule has 1 N–H and O–H groups in total. The Morgan fingerprint density at radius 1 is 1.17 bits per heavy atom. The zero-order valence-corrected chi connectivity index (χ0v) is 14.3. The maximum absolute atomic E-state index is 12.0. The molecule has 1 aromatic carbocycles. The normalized spacial score (nSPS) is 11.4. The Labute approximate surface area is 141 Å². The van der Waals surface area contributed by atoms with Crippen LogP contribution in [-0.2, 0) is 26.9 Å². The fourth-order valence-electron chi connectivity index (χ4n) is 2.20. The Morgan fingerprint density at radius 3 is 2.62 bits per heavy atom. The second kappa shape index (κ2) is 8.65. The predicted octanol–water partition coefficient (Wildman–Crippen LogP) is 2.16. The van der Waals surface area contributed by atoms with Crippen LogP contribution in [-0.4, -0.2) is 33.7 Å². The van der Waals surface area contributed by atoms with E-state index < -0.39 is 9.84 Å². The van der Waals surface area contributed by atoms with Crippen molar-refractivity contribution in [3.05, 3.63) is 59.5 Å². The monoisotopic (exact) mass is 351 g/mol. The molecule has 0 spiro atoms. The molecule has 0 aliphatic heterocycles. The van der Waals surface area contributed by atoms with Gasteiger partial charge < -0.3 is 14.5 Å². The highest BCUT2D eigenvalue weighted by Crippen LogP contribution is 2.09. The van der Waals surface area contributed by atoms with Crippen LogP contribution in [0.5, 0.6) is 0 Å². The summed E-state index contributed by atoms with van der Waals surface area (Å²) in [4.78, 5) is 11.9. The zero-order valence-electron chi connectivity index (χ0n) is 13.5. The van der Waals surface area contributed by atoms with E-state index in [0.29, 0.717) is 18.8 Å². The molecule has 130 valence electrons. The summed E-state index contributed by atoms with van der Waals surface area (Å²) >= 11 is 0. The van der Waals surface area contributed by atoms with Crippen molar-refractivity contribution in [2.24, 2.45) is 0 Å². The average Bonchev–Trinajstić information content (AvgIpc) is 3.01. The smallest absolute Gasteiger partial charge is 0.286 e. The molecule has 7 heteroatoms. The first kappa shape index (κ1) is 18.2. The number of amides is 1. The van der Waals surface area contributed by atoms with E-state index in [1.165, 1.54) is 7.11 Å². The number of carbonyl (C=O) groups excluding carboxylic acids is 1. The number of benzene rings is 1. The van der Waals surface area contributed by atoms with E-state index in [4.69, 9.17) is 9.15 Å². The molecule has 2 rings (SSSR count). The van der Waals surface area contributed by atoms with Gasteiger partial charge in [-0.1, -0.05) is 30.3 Å². The van der Waals surface area contributed by atoms with Crippen LogP contribution in [0, 0.1) is 0 Å². The highest BCUT2D eigenvalue weighted by Gasteiger charge is 2.13. The zero-order chi connectivity index (χ0) is 17.4. The molecule has 0 unspecified atom stereocenters. The number of furan rings is 1. The van der Waals surface area contributed by atoms with Gasteiger partial charge in [-0.2, -0.15) is 0 Å². The number of hydrogen-bond donors (Lipinski definition) is 1. The summed E-state index contributed by atoms with van der Waals surface area (Å²) in [6.07, 6.45) is 0.354. The molecule has 0 fully saturated rings. The van der Waals surface area contributed by atoms with Crippen LogP contribution >= 0.6 is 0 Å². The van der Waals surface area contributed by atoms with Crippen LogP contribution < -0.4 is 5.32 Å². The minimum Gasteiger partial charge on any atom is -0.453 e. The fourth-order valence-corrected chi connectivity index (χ4v) is 3.63. The van der Waals surface area contributed by atoms with Crippen molar-refractivity contribution in [3.8, 4) is 0 Å². The average molecular weight is 351 g/mol. The van der Waals surface area contributed by atoms with Crippen molar-refractivity contribution in [1.82, 2.24) is 5.32 Å². The number of nitrogens with one attached hydrogen (secondary N) is 1. The van der Waals surface area contributed by atoms with Gasteiger partial charge in [0.05, 0.1) is 11.5 Å². The van der Waals surface area contributed by atoms with Crippen molar-refractivity contribution in [1.29, 1.82) is 0 Å². The molecule has 1 heterocycles. The Bertz CT molecular complexity index is 752. The summed E-state index contributed by atoms with van der Waals surface area (Å²) in [6.45, 7) is 0.568. The third-order valence-corrected chi connectivity index (χ3v) is 5.00. The number of ether oxygens (including phenoxy) is 1. The molecule has 2 aromatic rings. The highest BCUT2D eigenvalue weighted by atomic mass is 32.2. The molecule has 0 saturated carbocycles. The van der Waals surface area contributed by atoms with Gasteiger partial charge in [0, 0.05) is 13.7 Å². The Balaban J connectivity index is 1.74. The van der Waals surface area contributed by atoms with Gasteiger partial charge in [0.25, 0.3) is 5.91 Å². The van der Waals surface area contributed by atoms with Crippen LogP contribution in [0.4, 0.5) is 0 Å². The van der Waals surface area contributed by atoms with E-state index in [1.54, 1.807) is 24.3 Å². The van der Waals surface area contributed by atoms with Gasteiger partial charge in [-0.25, -0.2) is 8.42 Å². The molecule has 24 heavy (non-hydrogen) atoms. The van der Waals surface area contributed by atoms with Crippen molar-refractivity contribution in [3.63, 3.8) is 0 Å². The summed E-state index contributed by atoms with van der Waals surface area (Å²) in [5, 5.41) is 2.65. The van der Waals surface area contributed by atoms with Crippen molar-refractivity contribution in [2.75, 3.05) is 19.4 Å². The third-order valence-electron chi connectivity index (χ3n) is 3.32. The second-order valence-electron chi connectivity index (χ2n) is 5.39. The minimum atomic E-state index is -3.19. The Kier molecular flexibility index (Phi) is 6.57. The van der Waals surface area contributed by atoms with Gasteiger partial charge in [0.1, 0.15) is 12.4 Å². The Morgan fingerprint density at radius 2 is 1.92 bits per heavy atom. The molecule has 0 bridgehead atoms. The predicted molar refractivity (Wildman–Crippen MR) is 90.3 cm³/mol. The standard InChI is InChI=1S/C17H21NO5S/c1-22-12-15-8-9-16(23-15)17(19)18-10-5-11-24(20,21)13-14-6-3-2-4-7-14/h2-4,6-9H,5,10-13H2,1H3,(H,18,19). The summed E-state index contributed by atoms with van der Waals surface area (Å²) in [5.41, 5.74) is 0.766. The Hall–Kier alpha value is -2.12. The summed E-state index contributed by atoms with van der Waals surface area (Å²) < 4.78 is 34.3. The van der Waals surface area contributed by atoms with E-state index in [1.807, 2.05) is 18.2 Å². The lowest BCUT2D eigenvalue weighted by Gasteiger charge is -2.06. The second-order valence-corrected chi connectivity index (χ2v) is 7.57. The molecular weight excluding hydrogens is 330 g/mol. The lowest BCUT2D eigenvalue weighted by Crippen LogP contribution is -2.25. The number of methoxy groups -OCH3 is 1. The molecule has 0 saturated heterocycles. The van der Waals surface area contributed by atoms with Crippen molar-refractivity contribution >= 4 is 15.7 Å². The van der Waals surface area contributed by atoms with Crippen LogP contribution in [0.2, 0.25) is 0 Å². The van der Waals surface area contributed by atoms with Gasteiger partial charge in [-0.15, -0.1) is 0 Å². The summed E-state index contributed by atoms with van der Waals surface area (Å²) in [6, 6.07) is 12.3. The first-order chi connectivity index (χ1) is 11.5. The van der Waals surface area contributed by atoms with Crippen LogP contribution in [0.25, 0.3) is 0 Å². The molecule has 1 amide bonds. The van der Waals surface area contributed by atoms with Crippen LogP contribution in [0.15, 0.2) is 46.9 Å². The number of carbonyl (C=O) groups is 1. The maximum atomic E-state index is 12.0. The first-order valence-corrected chi connectivity index (χ1v) is 9.42. The summed E-state index contributed by atoms with van der Waals surface area (Å²) in [5.74, 6) is 0.426. The number of hydrogen-bond acceptors (Lipinski definition) is 5. The van der Waals surface area contributed by atoms with Gasteiger partial charge in [0.2, 0.25) is 0 Å². The quantitative estimate of drug-likeness (QED) is 0.700. The molecular formula is C17H21NO5S. The number of rotatable bonds is 9. The molecule has 6 nitrogen and oxygen atoms in total. The van der Waals surface area contributed by atoms with Gasteiger partial charge in [-0.05, 0) is 24.1 Å². The first-order valence-electron chi connectivity index (χ1n) is 7.60. The van der Waals surface area contributed by atoms with Crippen molar-refractivity contribution < 1.29 is 22.4 Å². The lowest BCUT2D eigenvalue weighted by atomic mass is 10.2. The maximum Gasteiger partial charge on any atom is 0.286 e. The highest BCUT2D eigenvalue weighted by molar-refractivity contribution is 7.90. The molecule has 1 aromatic heterocycles. The lowest BCUT2D eigenvalue weighted by molar-refractivity contribution is 0.0917. The van der Waals surface area contributed by atoms with Gasteiger partial charge in [0.15, 0.2) is 15.6 Å². The van der Waals surface area contributed by atoms with Crippen molar-refractivity contribution in [2.45, 2.75) is 18.8 Å². The van der Waals surface area contributed by atoms with Gasteiger partial charge in [-0.3, -0.25) is 4.79 Å². The third kappa shape index (κ3) is 5.82. The SMILES string of the molecule is COCc1ccc(C(=O)NCCCS(=O)(=O)Cc2ccccc2)o1. The molecule has 0 atom stereocenters. The van der Waals surface area contributed by atoms with E-state index in [2.05, 4.69) is 5.32 Å². The van der Waals surface area contributed by atoms with Gasteiger partial charge >= 0.3 is 0 Å². The summed E-state index contributed by atoms with van der Waals surface area (Å²) in [7, 11) is -1.65. The molecule has 0 aliphatic carbocycles. The van der Waals surface area contributed by atoms with E-state index >= 15 is 0 Å². The van der Waals surface area contributed by atoms with E-state index in [9.17, 15) is 13.2 Å². The number of sulfone groups is 1.